The van der Waals surface area contributed by atoms with E-state index in [1.807, 2.05) is 6.92 Å². The SMILES string of the molecule is CCCCN(CCO)C(=O)NC(C)c1cc(F)c(Cl)cc1Cl. The predicted molar refractivity (Wildman–Crippen MR) is 86.9 cm³/mol. The van der Waals surface area contributed by atoms with Gasteiger partial charge in [-0.15, -0.1) is 0 Å². The normalized spacial score (nSPS) is 12.1. The summed E-state index contributed by atoms with van der Waals surface area (Å²) in [6.07, 6.45) is 1.79. The molecule has 124 valence electrons. The Labute approximate surface area is 140 Å². The summed E-state index contributed by atoms with van der Waals surface area (Å²) in [7, 11) is 0. The zero-order chi connectivity index (χ0) is 16.7. The molecule has 2 amide bonds. The van der Waals surface area contributed by atoms with Crippen molar-refractivity contribution in [3.05, 3.63) is 33.6 Å². The summed E-state index contributed by atoms with van der Waals surface area (Å²) < 4.78 is 13.6. The summed E-state index contributed by atoms with van der Waals surface area (Å²) in [6, 6.07) is 1.74. The summed E-state index contributed by atoms with van der Waals surface area (Å²) in [4.78, 5) is 13.8. The van der Waals surface area contributed by atoms with Crippen LogP contribution in [-0.2, 0) is 0 Å². The van der Waals surface area contributed by atoms with Gasteiger partial charge in [0, 0.05) is 18.1 Å². The van der Waals surface area contributed by atoms with Gasteiger partial charge in [0.05, 0.1) is 17.7 Å². The molecule has 0 fully saturated rings. The van der Waals surface area contributed by atoms with E-state index in [0.717, 1.165) is 12.8 Å². The molecule has 1 atom stereocenters. The highest BCUT2D eigenvalue weighted by Crippen LogP contribution is 2.28. The molecular formula is C15H21Cl2FN2O2. The predicted octanol–water partition coefficient (Wildman–Crippen LogP) is 4.00. The number of urea groups is 1. The first-order valence-corrected chi connectivity index (χ1v) is 7.97. The number of halogens is 3. The summed E-state index contributed by atoms with van der Waals surface area (Å²) in [5.74, 6) is -0.583. The smallest absolute Gasteiger partial charge is 0.317 e. The number of carbonyl (C=O) groups is 1. The molecule has 0 spiro atoms. The van der Waals surface area contributed by atoms with E-state index in [9.17, 15) is 9.18 Å². The van der Waals surface area contributed by atoms with Crippen LogP contribution >= 0.6 is 23.2 Å². The highest BCUT2D eigenvalue weighted by molar-refractivity contribution is 6.35. The number of nitrogens with one attached hydrogen (secondary N) is 1. The maximum Gasteiger partial charge on any atom is 0.317 e. The first-order chi connectivity index (χ1) is 10.4. The van der Waals surface area contributed by atoms with Gasteiger partial charge >= 0.3 is 6.03 Å². The van der Waals surface area contributed by atoms with Crippen molar-refractivity contribution in [1.82, 2.24) is 10.2 Å². The molecule has 0 saturated carbocycles. The number of nitrogens with zero attached hydrogens (tertiary/aromatic N) is 1. The minimum Gasteiger partial charge on any atom is -0.395 e. The van der Waals surface area contributed by atoms with E-state index >= 15 is 0 Å². The molecule has 0 radical (unpaired) electrons. The Morgan fingerprint density at radius 1 is 1.36 bits per heavy atom. The largest absolute Gasteiger partial charge is 0.395 e. The summed E-state index contributed by atoms with van der Waals surface area (Å²) in [5, 5.41) is 12.0. The lowest BCUT2D eigenvalue weighted by Crippen LogP contribution is -2.43. The third-order valence-corrected chi connectivity index (χ3v) is 3.90. The number of carbonyl (C=O) groups excluding carboxylic acids is 1. The van der Waals surface area contributed by atoms with E-state index in [4.69, 9.17) is 28.3 Å². The van der Waals surface area contributed by atoms with Crippen LogP contribution in [0.25, 0.3) is 0 Å². The Kier molecular flexibility index (Phi) is 7.93. The van der Waals surface area contributed by atoms with Crippen molar-refractivity contribution < 1.29 is 14.3 Å². The van der Waals surface area contributed by atoms with Crippen molar-refractivity contribution in [2.24, 2.45) is 0 Å². The van der Waals surface area contributed by atoms with Crippen LogP contribution in [0.3, 0.4) is 0 Å². The Morgan fingerprint density at radius 2 is 2.05 bits per heavy atom. The van der Waals surface area contributed by atoms with Gasteiger partial charge in [-0.25, -0.2) is 9.18 Å². The van der Waals surface area contributed by atoms with Crippen molar-refractivity contribution in [2.45, 2.75) is 32.7 Å². The molecule has 1 unspecified atom stereocenters. The summed E-state index contributed by atoms with van der Waals surface area (Å²) in [6.45, 7) is 4.43. The van der Waals surface area contributed by atoms with Gasteiger partial charge in [0.1, 0.15) is 5.82 Å². The fraction of sp³-hybridized carbons (Fsp3) is 0.533. The van der Waals surface area contributed by atoms with Crippen molar-refractivity contribution in [1.29, 1.82) is 0 Å². The van der Waals surface area contributed by atoms with Gasteiger partial charge in [-0.1, -0.05) is 36.5 Å². The quantitative estimate of drug-likeness (QED) is 0.730. The Balaban J connectivity index is 2.79. The van der Waals surface area contributed by atoms with Gasteiger partial charge in [-0.3, -0.25) is 0 Å². The summed E-state index contributed by atoms with van der Waals surface area (Å²) in [5.41, 5.74) is 0.455. The molecular weight excluding hydrogens is 330 g/mol. The fourth-order valence-electron chi connectivity index (χ4n) is 2.01. The highest BCUT2D eigenvalue weighted by atomic mass is 35.5. The third kappa shape index (κ3) is 5.30. The van der Waals surface area contributed by atoms with Crippen LogP contribution in [0.4, 0.5) is 9.18 Å². The lowest BCUT2D eigenvalue weighted by atomic mass is 10.1. The van der Waals surface area contributed by atoms with Crippen LogP contribution < -0.4 is 5.32 Å². The van der Waals surface area contributed by atoms with Crippen LogP contribution in [0.1, 0.15) is 38.3 Å². The van der Waals surface area contributed by atoms with Crippen LogP contribution in [0.15, 0.2) is 12.1 Å². The van der Waals surface area contributed by atoms with Crippen molar-refractivity contribution in [2.75, 3.05) is 19.7 Å². The van der Waals surface area contributed by atoms with Crippen molar-refractivity contribution in [3.8, 4) is 0 Å². The zero-order valence-corrected chi connectivity index (χ0v) is 14.2. The number of hydrogen-bond acceptors (Lipinski definition) is 2. The number of hydrogen-bond donors (Lipinski definition) is 2. The van der Waals surface area contributed by atoms with Crippen molar-refractivity contribution >= 4 is 29.2 Å². The molecule has 1 aromatic rings. The van der Waals surface area contributed by atoms with Gasteiger partial charge in [0.25, 0.3) is 0 Å². The molecule has 0 heterocycles. The first-order valence-electron chi connectivity index (χ1n) is 7.21. The van der Waals surface area contributed by atoms with E-state index in [2.05, 4.69) is 5.32 Å². The molecule has 0 aliphatic carbocycles. The second kappa shape index (κ2) is 9.18. The topological polar surface area (TPSA) is 52.6 Å². The standard InChI is InChI=1S/C15H21Cl2FN2O2/c1-3-4-5-20(6-7-21)15(22)19-10(2)11-8-14(18)13(17)9-12(11)16/h8-10,21H,3-7H2,1-2H3,(H,19,22). The molecule has 4 nitrogen and oxygen atoms in total. The molecule has 1 rings (SSSR count). The Morgan fingerprint density at radius 3 is 2.64 bits per heavy atom. The average molecular weight is 351 g/mol. The Bertz CT molecular complexity index is 515. The minimum absolute atomic E-state index is 0.0582. The van der Waals surface area contributed by atoms with E-state index in [0.29, 0.717) is 17.1 Å². The van der Waals surface area contributed by atoms with Gasteiger partial charge in [0.2, 0.25) is 0 Å². The monoisotopic (exact) mass is 350 g/mol. The first kappa shape index (κ1) is 19.0. The average Bonchev–Trinajstić information content (AvgIpc) is 2.46. The number of aliphatic hydroxyl groups is 1. The molecule has 0 aromatic heterocycles. The lowest BCUT2D eigenvalue weighted by Gasteiger charge is -2.25. The molecule has 22 heavy (non-hydrogen) atoms. The molecule has 0 saturated heterocycles. The van der Waals surface area contributed by atoms with Gasteiger partial charge in [0.15, 0.2) is 0 Å². The maximum absolute atomic E-state index is 13.6. The molecule has 0 aliphatic rings. The van der Waals surface area contributed by atoms with Gasteiger partial charge in [-0.2, -0.15) is 0 Å². The van der Waals surface area contributed by atoms with E-state index < -0.39 is 11.9 Å². The number of benzene rings is 1. The highest BCUT2D eigenvalue weighted by Gasteiger charge is 2.18. The summed E-state index contributed by atoms with van der Waals surface area (Å²) >= 11 is 11.7. The van der Waals surface area contributed by atoms with Crippen LogP contribution in [0.2, 0.25) is 10.0 Å². The lowest BCUT2D eigenvalue weighted by molar-refractivity contribution is 0.173. The molecule has 2 N–H and O–H groups in total. The van der Waals surface area contributed by atoms with E-state index in [1.165, 1.54) is 17.0 Å². The second-order valence-corrected chi connectivity index (χ2v) is 5.84. The minimum atomic E-state index is -0.583. The molecule has 0 aliphatic heterocycles. The number of rotatable bonds is 7. The van der Waals surface area contributed by atoms with Crippen LogP contribution in [0, 0.1) is 5.82 Å². The van der Waals surface area contributed by atoms with Crippen molar-refractivity contribution in [3.63, 3.8) is 0 Å². The maximum atomic E-state index is 13.6. The second-order valence-electron chi connectivity index (χ2n) is 5.02. The van der Waals surface area contributed by atoms with E-state index in [-0.39, 0.29) is 24.2 Å². The van der Waals surface area contributed by atoms with Crippen LogP contribution in [-0.4, -0.2) is 35.7 Å². The van der Waals surface area contributed by atoms with Crippen LogP contribution in [0.5, 0.6) is 0 Å². The van der Waals surface area contributed by atoms with Gasteiger partial charge < -0.3 is 15.3 Å². The Hall–Kier alpha value is -1.04. The van der Waals surface area contributed by atoms with Gasteiger partial charge in [-0.05, 0) is 31.0 Å². The fourth-order valence-corrected chi connectivity index (χ4v) is 2.56. The molecule has 1 aromatic carbocycles. The molecule has 0 bridgehead atoms. The number of unbranched alkanes of at least 4 members (excludes halogenated alkanes) is 1. The zero-order valence-electron chi connectivity index (χ0n) is 12.7. The van der Waals surface area contributed by atoms with E-state index in [1.54, 1.807) is 6.92 Å². The number of amides is 2. The third-order valence-electron chi connectivity index (χ3n) is 3.28. The molecule has 7 heteroatoms. The number of aliphatic hydroxyl groups excluding tert-OH is 1.